The summed E-state index contributed by atoms with van der Waals surface area (Å²) in [6, 6.07) is 4.63. The second kappa shape index (κ2) is 7.10. The maximum atomic E-state index is 14.2. The summed E-state index contributed by atoms with van der Waals surface area (Å²) in [6.45, 7) is 4.39. The molecule has 0 saturated carbocycles. The summed E-state index contributed by atoms with van der Waals surface area (Å²) < 4.78 is 20.8. The van der Waals surface area contributed by atoms with Crippen molar-refractivity contribution in [1.82, 2.24) is 9.78 Å². The molecule has 2 rings (SSSR count). The average Bonchev–Trinajstić information content (AvgIpc) is 2.95. The fraction of sp³-hybridized carbons (Fsp3) is 0.375. The van der Waals surface area contributed by atoms with Crippen LogP contribution in [-0.2, 0) is 21.5 Å². The van der Waals surface area contributed by atoms with E-state index in [1.165, 1.54) is 12.3 Å². The lowest BCUT2D eigenvalue weighted by molar-refractivity contribution is -0.120. The summed E-state index contributed by atoms with van der Waals surface area (Å²) in [5.41, 5.74) is -0.292. The van der Waals surface area contributed by atoms with E-state index in [2.05, 4.69) is 10.4 Å². The Morgan fingerprint density at radius 2 is 2.22 bits per heavy atom. The van der Waals surface area contributed by atoms with Gasteiger partial charge in [0.05, 0.1) is 35.5 Å². The Kier molecular flexibility index (Phi) is 5.38. The van der Waals surface area contributed by atoms with Gasteiger partial charge < -0.3 is 10.1 Å². The van der Waals surface area contributed by atoms with Gasteiger partial charge in [-0.25, -0.2) is 4.39 Å². The molecule has 5 nitrogen and oxygen atoms in total. The molecule has 0 spiro atoms. The Morgan fingerprint density at radius 1 is 1.48 bits per heavy atom. The van der Waals surface area contributed by atoms with Crippen molar-refractivity contribution in [1.29, 1.82) is 0 Å². The largest absolute Gasteiger partial charge is 0.383 e. The van der Waals surface area contributed by atoms with Crippen LogP contribution in [0.1, 0.15) is 19.4 Å². The molecule has 0 saturated heterocycles. The molecule has 0 aliphatic heterocycles. The fourth-order valence-electron chi connectivity index (χ4n) is 2.13. The molecule has 2 aromatic rings. The molecule has 0 atom stereocenters. The fourth-order valence-corrected chi connectivity index (χ4v) is 2.31. The molecule has 124 valence electrons. The first-order chi connectivity index (χ1) is 10.9. The van der Waals surface area contributed by atoms with E-state index in [0.717, 1.165) is 0 Å². The van der Waals surface area contributed by atoms with Crippen LogP contribution in [0, 0.1) is 5.82 Å². The number of ether oxygens (including phenoxy) is 1. The zero-order valence-corrected chi connectivity index (χ0v) is 14.0. The number of hydrogen-bond acceptors (Lipinski definition) is 3. The first-order valence-corrected chi connectivity index (χ1v) is 7.51. The molecule has 0 fully saturated rings. The molecule has 1 aromatic carbocycles. The van der Waals surface area contributed by atoms with Crippen molar-refractivity contribution in [3.8, 4) is 0 Å². The number of carbonyl (C=O) groups excluding carboxylic acids is 1. The molecule has 1 aromatic heterocycles. The third kappa shape index (κ3) is 3.89. The number of anilines is 1. The van der Waals surface area contributed by atoms with E-state index in [4.69, 9.17) is 16.3 Å². The van der Waals surface area contributed by atoms with Crippen LogP contribution in [0.2, 0.25) is 5.02 Å². The molecule has 0 unspecified atom stereocenters. The number of benzene rings is 1. The van der Waals surface area contributed by atoms with Crippen molar-refractivity contribution in [3.63, 3.8) is 0 Å². The predicted octanol–water partition coefficient (Wildman–Crippen LogP) is 3.24. The molecule has 0 bridgehead atoms. The minimum atomic E-state index is -1.08. The molecule has 0 aliphatic carbocycles. The smallest absolute Gasteiger partial charge is 0.234 e. The number of nitrogens with one attached hydrogen (secondary N) is 1. The number of nitrogens with zero attached hydrogens (tertiary/aromatic N) is 2. The lowest BCUT2D eigenvalue weighted by atomic mass is 9.83. The number of methoxy groups -OCH3 is 1. The third-order valence-electron chi connectivity index (χ3n) is 3.61. The van der Waals surface area contributed by atoms with Gasteiger partial charge in [0.25, 0.3) is 0 Å². The summed E-state index contributed by atoms with van der Waals surface area (Å²) in [5, 5.41) is 6.87. The summed E-state index contributed by atoms with van der Waals surface area (Å²) in [4.78, 5) is 12.5. The van der Waals surface area contributed by atoms with Crippen molar-refractivity contribution in [3.05, 3.63) is 47.0 Å². The van der Waals surface area contributed by atoms with Crippen LogP contribution in [0.5, 0.6) is 0 Å². The van der Waals surface area contributed by atoms with Gasteiger partial charge in [-0.2, -0.15) is 5.10 Å². The molecule has 1 heterocycles. The number of carbonyl (C=O) groups is 1. The molecule has 0 radical (unpaired) electrons. The van der Waals surface area contributed by atoms with Gasteiger partial charge in [0.1, 0.15) is 5.82 Å². The standard InChI is InChI=1S/C16H19ClFN3O2/c1-16(2,12-5-4-6-13(17)14(12)18)15(22)20-11-9-19-21(10-11)7-8-23-3/h4-6,9-10H,7-8H2,1-3H3,(H,20,22). The second-order valence-electron chi connectivity index (χ2n) is 5.67. The third-order valence-corrected chi connectivity index (χ3v) is 3.90. The summed E-state index contributed by atoms with van der Waals surface area (Å²) in [6.07, 6.45) is 3.24. The van der Waals surface area contributed by atoms with Gasteiger partial charge in [-0.15, -0.1) is 0 Å². The SMILES string of the molecule is COCCn1cc(NC(=O)C(C)(C)c2cccc(Cl)c2F)cn1. The number of amides is 1. The normalized spacial score (nSPS) is 11.5. The number of halogens is 2. The van der Waals surface area contributed by atoms with Crippen LogP contribution in [0.3, 0.4) is 0 Å². The zero-order valence-electron chi connectivity index (χ0n) is 13.3. The van der Waals surface area contributed by atoms with E-state index in [1.807, 2.05) is 0 Å². The minimum Gasteiger partial charge on any atom is -0.383 e. The Hall–Kier alpha value is -1.92. The van der Waals surface area contributed by atoms with E-state index in [0.29, 0.717) is 18.8 Å². The molecule has 1 N–H and O–H groups in total. The van der Waals surface area contributed by atoms with Gasteiger partial charge in [-0.3, -0.25) is 9.48 Å². The highest BCUT2D eigenvalue weighted by Gasteiger charge is 2.33. The van der Waals surface area contributed by atoms with Crippen molar-refractivity contribution in [2.75, 3.05) is 19.0 Å². The van der Waals surface area contributed by atoms with Crippen molar-refractivity contribution in [2.45, 2.75) is 25.8 Å². The van der Waals surface area contributed by atoms with Crippen molar-refractivity contribution >= 4 is 23.2 Å². The number of aromatic nitrogens is 2. The first kappa shape index (κ1) is 17.4. The van der Waals surface area contributed by atoms with E-state index in [-0.39, 0.29) is 16.5 Å². The van der Waals surface area contributed by atoms with Crippen molar-refractivity contribution < 1.29 is 13.9 Å². The van der Waals surface area contributed by atoms with Gasteiger partial charge in [0.15, 0.2) is 0 Å². The lowest BCUT2D eigenvalue weighted by Crippen LogP contribution is -2.35. The van der Waals surface area contributed by atoms with Gasteiger partial charge in [-0.1, -0.05) is 23.7 Å². The summed E-state index contributed by atoms with van der Waals surface area (Å²) >= 11 is 5.80. The molecule has 23 heavy (non-hydrogen) atoms. The van der Waals surface area contributed by atoms with Gasteiger partial charge in [0, 0.05) is 18.9 Å². The Bertz CT molecular complexity index is 700. The quantitative estimate of drug-likeness (QED) is 0.879. The van der Waals surface area contributed by atoms with E-state index < -0.39 is 11.2 Å². The van der Waals surface area contributed by atoms with Crippen LogP contribution < -0.4 is 5.32 Å². The zero-order chi connectivity index (χ0) is 17.0. The Balaban J connectivity index is 2.15. The van der Waals surface area contributed by atoms with E-state index in [9.17, 15) is 9.18 Å². The Labute approximate surface area is 139 Å². The highest BCUT2D eigenvalue weighted by Crippen LogP contribution is 2.30. The molecule has 0 aliphatic rings. The second-order valence-corrected chi connectivity index (χ2v) is 6.07. The van der Waals surface area contributed by atoms with Gasteiger partial charge >= 0.3 is 0 Å². The average molecular weight is 340 g/mol. The van der Waals surface area contributed by atoms with Crippen LogP contribution in [-0.4, -0.2) is 29.4 Å². The summed E-state index contributed by atoms with van der Waals surface area (Å²) in [5.74, 6) is -0.921. The van der Waals surface area contributed by atoms with Crippen LogP contribution in [0.4, 0.5) is 10.1 Å². The van der Waals surface area contributed by atoms with Gasteiger partial charge in [-0.05, 0) is 19.9 Å². The highest BCUT2D eigenvalue weighted by atomic mass is 35.5. The highest BCUT2D eigenvalue weighted by molar-refractivity contribution is 6.30. The first-order valence-electron chi connectivity index (χ1n) is 7.13. The lowest BCUT2D eigenvalue weighted by Gasteiger charge is -2.24. The van der Waals surface area contributed by atoms with Crippen LogP contribution >= 0.6 is 11.6 Å². The number of rotatable bonds is 6. The monoisotopic (exact) mass is 339 g/mol. The molecular weight excluding hydrogens is 321 g/mol. The maximum absolute atomic E-state index is 14.2. The predicted molar refractivity (Wildman–Crippen MR) is 87.2 cm³/mol. The van der Waals surface area contributed by atoms with E-state index in [1.54, 1.807) is 44.0 Å². The van der Waals surface area contributed by atoms with Gasteiger partial charge in [0.2, 0.25) is 5.91 Å². The van der Waals surface area contributed by atoms with E-state index >= 15 is 0 Å². The topological polar surface area (TPSA) is 56.1 Å². The summed E-state index contributed by atoms with van der Waals surface area (Å²) in [7, 11) is 1.61. The molecular formula is C16H19ClFN3O2. The molecule has 7 heteroatoms. The van der Waals surface area contributed by atoms with Crippen LogP contribution in [0.25, 0.3) is 0 Å². The number of hydrogen-bond donors (Lipinski definition) is 1. The molecule has 1 amide bonds. The maximum Gasteiger partial charge on any atom is 0.234 e. The Morgan fingerprint density at radius 3 is 2.91 bits per heavy atom. The van der Waals surface area contributed by atoms with Crippen molar-refractivity contribution in [2.24, 2.45) is 0 Å². The minimum absolute atomic E-state index is 0.00393. The van der Waals surface area contributed by atoms with Crippen LogP contribution in [0.15, 0.2) is 30.6 Å².